The molecule has 2 aromatic carbocycles. The van der Waals surface area contributed by atoms with Crippen LogP contribution in [0.5, 0.6) is 11.5 Å². The van der Waals surface area contributed by atoms with Crippen molar-refractivity contribution in [1.82, 2.24) is 5.32 Å². The van der Waals surface area contributed by atoms with Gasteiger partial charge in [0, 0.05) is 17.2 Å². The minimum absolute atomic E-state index is 0.0191. The molecule has 0 spiro atoms. The van der Waals surface area contributed by atoms with Crippen LogP contribution in [-0.4, -0.2) is 31.9 Å². The van der Waals surface area contributed by atoms with Crippen molar-refractivity contribution >= 4 is 15.7 Å². The summed E-state index contributed by atoms with van der Waals surface area (Å²) >= 11 is 0. The van der Waals surface area contributed by atoms with Gasteiger partial charge in [0.25, 0.3) is 0 Å². The molecule has 2 heterocycles. The molecule has 24 heavy (non-hydrogen) atoms. The van der Waals surface area contributed by atoms with E-state index >= 15 is 0 Å². The topological polar surface area (TPSA) is 72.5 Å². The molecule has 2 aliphatic rings. The molecule has 1 unspecified atom stereocenters. The number of nitrogens with one attached hydrogen (secondary N) is 1. The third-order valence-electron chi connectivity index (χ3n) is 4.52. The van der Waals surface area contributed by atoms with Crippen LogP contribution in [0.25, 0.3) is 0 Å². The zero-order valence-corrected chi connectivity index (χ0v) is 13.8. The Morgan fingerprint density at radius 1 is 1.00 bits per heavy atom. The van der Waals surface area contributed by atoms with Crippen LogP contribution < -0.4 is 10.1 Å². The Morgan fingerprint density at radius 2 is 1.58 bits per heavy atom. The van der Waals surface area contributed by atoms with Crippen LogP contribution in [0.15, 0.2) is 48.5 Å². The van der Waals surface area contributed by atoms with Gasteiger partial charge in [-0.05, 0) is 18.6 Å². The van der Waals surface area contributed by atoms with Gasteiger partial charge in [-0.15, -0.1) is 0 Å². The number of benzene rings is 2. The van der Waals surface area contributed by atoms with Gasteiger partial charge in [-0.3, -0.25) is 4.79 Å². The number of para-hydroxylation sites is 2. The molecule has 124 valence electrons. The van der Waals surface area contributed by atoms with E-state index in [1.165, 1.54) is 0 Å². The van der Waals surface area contributed by atoms with Crippen LogP contribution >= 0.6 is 0 Å². The number of sulfone groups is 1. The van der Waals surface area contributed by atoms with Crippen LogP contribution in [0.4, 0.5) is 0 Å². The summed E-state index contributed by atoms with van der Waals surface area (Å²) in [6.45, 7) is 0. The van der Waals surface area contributed by atoms with Crippen LogP contribution in [0.3, 0.4) is 0 Å². The molecule has 1 amide bonds. The average Bonchev–Trinajstić information content (AvgIpc) is 2.91. The first-order valence-electron chi connectivity index (χ1n) is 7.90. The van der Waals surface area contributed by atoms with Gasteiger partial charge in [-0.25, -0.2) is 8.42 Å². The summed E-state index contributed by atoms with van der Waals surface area (Å²) < 4.78 is 29.1. The van der Waals surface area contributed by atoms with E-state index < -0.39 is 15.8 Å². The van der Waals surface area contributed by atoms with Gasteiger partial charge >= 0.3 is 0 Å². The van der Waals surface area contributed by atoms with Gasteiger partial charge in [-0.1, -0.05) is 36.4 Å². The number of hydrogen-bond donors (Lipinski definition) is 1. The van der Waals surface area contributed by atoms with Crippen molar-refractivity contribution in [1.29, 1.82) is 0 Å². The Morgan fingerprint density at radius 3 is 2.12 bits per heavy atom. The molecule has 1 fully saturated rings. The third kappa shape index (κ3) is 2.67. The molecule has 0 radical (unpaired) electrons. The predicted molar refractivity (Wildman–Crippen MR) is 90.0 cm³/mol. The average molecular weight is 343 g/mol. The minimum Gasteiger partial charge on any atom is -0.457 e. The normalized spacial score (nSPS) is 21.4. The lowest BCUT2D eigenvalue weighted by Gasteiger charge is -2.28. The highest BCUT2D eigenvalue weighted by Gasteiger charge is 2.35. The second kappa shape index (κ2) is 5.63. The van der Waals surface area contributed by atoms with E-state index in [4.69, 9.17) is 4.74 Å². The number of amides is 1. The standard InChI is InChI=1S/C18H17NO4S/c20-18(19-12-9-10-24(21,22)11-12)17-13-5-1-3-7-15(13)23-16-8-4-2-6-14(16)17/h1-8,12,17H,9-11H2,(H,19,20). The summed E-state index contributed by atoms with van der Waals surface area (Å²) in [4.78, 5) is 12.9. The van der Waals surface area contributed by atoms with E-state index in [2.05, 4.69) is 5.32 Å². The number of carbonyl (C=O) groups is 1. The minimum atomic E-state index is -3.03. The largest absolute Gasteiger partial charge is 0.457 e. The zero-order valence-electron chi connectivity index (χ0n) is 12.9. The van der Waals surface area contributed by atoms with Crippen LogP contribution in [0, 0.1) is 0 Å². The fourth-order valence-electron chi connectivity index (χ4n) is 3.39. The number of rotatable bonds is 2. The molecule has 4 rings (SSSR count). The van der Waals surface area contributed by atoms with Gasteiger partial charge in [0.15, 0.2) is 9.84 Å². The molecule has 5 nitrogen and oxygen atoms in total. The van der Waals surface area contributed by atoms with E-state index in [-0.39, 0.29) is 23.5 Å². The van der Waals surface area contributed by atoms with Crippen LogP contribution in [0.1, 0.15) is 23.5 Å². The van der Waals surface area contributed by atoms with Crippen molar-refractivity contribution in [3.05, 3.63) is 59.7 Å². The summed E-state index contributed by atoms with van der Waals surface area (Å²) in [5, 5.41) is 2.91. The second-order valence-electron chi connectivity index (χ2n) is 6.22. The first-order valence-corrected chi connectivity index (χ1v) is 9.72. The molecule has 0 aromatic heterocycles. The van der Waals surface area contributed by atoms with Gasteiger partial charge < -0.3 is 10.1 Å². The van der Waals surface area contributed by atoms with Crippen molar-refractivity contribution in [3.8, 4) is 11.5 Å². The molecule has 0 bridgehead atoms. The van der Waals surface area contributed by atoms with Crippen molar-refractivity contribution in [2.24, 2.45) is 0 Å². The van der Waals surface area contributed by atoms with Crippen molar-refractivity contribution in [2.75, 3.05) is 11.5 Å². The summed E-state index contributed by atoms with van der Waals surface area (Å²) in [6, 6.07) is 14.6. The number of carbonyl (C=O) groups excluding carboxylic acids is 1. The first-order chi connectivity index (χ1) is 11.5. The quantitative estimate of drug-likeness (QED) is 0.907. The molecule has 2 aliphatic heterocycles. The lowest BCUT2D eigenvalue weighted by Crippen LogP contribution is -2.39. The maximum Gasteiger partial charge on any atom is 0.232 e. The second-order valence-corrected chi connectivity index (χ2v) is 8.45. The highest BCUT2D eigenvalue weighted by atomic mass is 32.2. The summed E-state index contributed by atoms with van der Waals surface area (Å²) in [6.07, 6.45) is 0.473. The summed E-state index contributed by atoms with van der Waals surface area (Å²) in [7, 11) is -3.03. The van der Waals surface area contributed by atoms with Crippen molar-refractivity contribution in [3.63, 3.8) is 0 Å². The lowest BCUT2D eigenvalue weighted by atomic mass is 9.87. The summed E-state index contributed by atoms with van der Waals surface area (Å²) in [5.41, 5.74) is 1.60. The van der Waals surface area contributed by atoms with Gasteiger partial charge in [0.1, 0.15) is 11.5 Å². The molecule has 2 aromatic rings. The molecule has 0 aliphatic carbocycles. The van der Waals surface area contributed by atoms with Gasteiger partial charge in [0.05, 0.1) is 17.4 Å². The first kappa shape index (κ1) is 15.2. The molecular weight excluding hydrogens is 326 g/mol. The monoisotopic (exact) mass is 343 g/mol. The Labute approximate surface area is 140 Å². The Hall–Kier alpha value is -2.34. The van der Waals surface area contributed by atoms with E-state index in [9.17, 15) is 13.2 Å². The zero-order chi connectivity index (χ0) is 16.7. The summed E-state index contributed by atoms with van der Waals surface area (Å²) in [5.74, 6) is 0.810. The fourth-order valence-corrected chi connectivity index (χ4v) is 5.06. The van der Waals surface area contributed by atoms with Gasteiger partial charge in [0.2, 0.25) is 5.91 Å². The van der Waals surface area contributed by atoms with Crippen LogP contribution in [-0.2, 0) is 14.6 Å². The number of ether oxygens (including phenoxy) is 1. The molecule has 6 heteroatoms. The van der Waals surface area contributed by atoms with E-state index in [1.54, 1.807) is 0 Å². The third-order valence-corrected chi connectivity index (χ3v) is 6.29. The van der Waals surface area contributed by atoms with Crippen LogP contribution in [0.2, 0.25) is 0 Å². The number of fused-ring (bicyclic) bond motifs is 2. The van der Waals surface area contributed by atoms with E-state index in [0.29, 0.717) is 17.9 Å². The maximum absolute atomic E-state index is 12.9. The molecule has 0 saturated carbocycles. The van der Waals surface area contributed by atoms with E-state index in [0.717, 1.165) is 11.1 Å². The van der Waals surface area contributed by atoms with Crippen molar-refractivity contribution < 1.29 is 17.9 Å². The lowest BCUT2D eigenvalue weighted by molar-refractivity contribution is -0.122. The molecule has 1 atom stereocenters. The molecule has 1 N–H and O–H groups in total. The number of hydrogen-bond acceptors (Lipinski definition) is 4. The molecule has 1 saturated heterocycles. The smallest absolute Gasteiger partial charge is 0.232 e. The highest BCUT2D eigenvalue weighted by molar-refractivity contribution is 7.91. The SMILES string of the molecule is O=C(NC1CCS(=O)(=O)C1)C1c2ccccc2Oc2ccccc21. The predicted octanol–water partition coefficient (Wildman–Crippen LogP) is 2.23. The molecular formula is C18H17NO4S. The highest BCUT2D eigenvalue weighted by Crippen LogP contribution is 2.43. The van der Waals surface area contributed by atoms with E-state index in [1.807, 2.05) is 48.5 Å². The maximum atomic E-state index is 12.9. The van der Waals surface area contributed by atoms with Crippen molar-refractivity contribution in [2.45, 2.75) is 18.4 Å². The van der Waals surface area contributed by atoms with Gasteiger partial charge in [-0.2, -0.15) is 0 Å². The Kier molecular flexibility index (Phi) is 3.57. The Bertz CT molecular complexity index is 861. The Balaban J connectivity index is 1.68. The fraction of sp³-hybridized carbons (Fsp3) is 0.278.